The second-order valence-electron chi connectivity index (χ2n) is 10.4. The fraction of sp³-hybridized carbons (Fsp3) is 0.500. The van der Waals surface area contributed by atoms with Gasteiger partial charge >= 0.3 is 6.09 Å². The van der Waals surface area contributed by atoms with E-state index in [0.717, 1.165) is 24.3 Å². The Labute approximate surface area is 198 Å². The van der Waals surface area contributed by atoms with Crippen molar-refractivity contribution < 1.29 is 14.3 Å². The van der Waals surface area contributed by atoms with Crippen LogP contribution in [0.5, 0.6) is 0 Å². The normalized spacial score (nSPS) is 21.0. The number of methoxy groups -OCH3 is 1. The molecule has 5 heteroatoms. The molecule has 0 N–H and O–H groups in total. The van der Waals surface area contributed by atoms with Gasteiger partial charge in [0.2, 0.25) is 0 Å². The standard InChI is InChI=1S/C28H38N2O3/c1-20(2)17-24-23(18-21-13-9-7-10-14-21)25(32-6)29-26(28(3,4)5)30(24)27(31)33-19-22-15-11-8-12-16-22/h7-16,20,23-24,26H,17-19H2,1-6H3/t23-,24-,26+/m0/s1. The van der Waals surface area contributed by atoms with Crippen LogP contribution >= 0.6 is 0 Å². The molecule has 0 aliphatic carbocycles. The number of nitrogens with zero attached hydrogens (tertiary/aromatic N) is 2. The van der Waals surface area contributed by atoms with Gasteiger partial charge in [0.25, 0.3) is 0 Å². The first-order valence-electron chi connectivity index (χ1n) is 11.8. The molecule has 3 rings (SSSR count). The van der Waals surface area contributed by atoms with Crippen LogP contribution in [0.2, 0.25) is 0 Å². The van der Waals surface area contributed by atoms with Crippen molar-refractivity contribution in [2.75, 3.05) is 7.11 Å². The summed E-state index contributed by atoms with van der Waals surface area (Å²) in [6.07, 6.45) is 0.907. The van der Waals surface area contributed by atoms with Crippen LogP contribution in [0.3, 0.4) is 0 Å². The summed E-state index contributed by atoms with van der Waals surface area (Å²) in [6.45, 7) is 10.9. The number of amides is 1. The third-order valence-electron chi connectivity index (χ3n) is 6.06. The summed E-state index contributed by atoms with van der Waals surface area (Å²) in [5, 5.41) is 0. The lowest BCUT2D eigenvalue weighted by Crippen LogP contribution is -2.59. The Morgan fingerprint density at radius 3 is 2.09 bits per heavy atom. The molecule has 178 valence electrons. The van der Waals surface area contributed by atoms with E-state index in [1.807, 2.05) is 53.4 Å². The zero-order chi connectivity index (χ0) is 24.0. The number of benzene rings is 2. The maximum absolute atomic E-state index is 13.6. The SMILES string of the molecule is COC1=N[C@@H](C(C)(C)C)N(C(=O)OCc2ccccc2)[C@@H](CC(C)C)[C@@H]1Cc1ccccc1. The summed E-state index contributed by atoms with van der Waals surface area (Å²) in [7, 11) is 1.69. The number of ether oxygens (including phenoxy) is 2. The van der Waals surface area contributed by atoms with E-state index in [-0.39, 0.29) is 36.2 Å². The molecule has 0 fully saturated rings. The molecule has 2 aromatic carbocycles. The van der Waals surface area contributed by atoms with Crippen LogP contribution in [-0.2, 0) is 22.5 Å². The topological polar surface area (TPSA) is 51.1 Å². The molecule has 1 amide bonds. The summed E-state index contributed by atoms with van der Waals surface area (Å²) < 4.78 is 11.7. The Kier molecular flexibility index (Phi) is 8.17. The summed E-state index contributed by atoms with van der Waals surface area (Å²) in [5.74, 6) is 1.08. The molecular formula is C28H38N2O3. The molecule has 5 nitrogen and oxygen atoms in total. The fourth-order valence-electron chi connectivity index (χ4n) is 4.51. The second kappa shape index (κ2) is 10.9. The van der Waals surface area contributed by atoms with Gasteiger partial charge in [0, 0.05) is 11.5 Å². The van der Waals surface area contributed by atoms with Gasteiger partial charge in [-0.2, -0.15) is 0 Å². The first-order chi connectivity index (χ1) is 15.7. The number of aliphatic imine (C=N–C) groups is 1. The van der Waals surface area contributed by atoms with Gasteiger partial charge in [0.15, 0.2) is 5.90 Å². The van der Waals surface area contributed by atoms with E-state index in [0.29, 0.717) is 5.92 Å². The average Bonchev–Trinajstić information content (AvgIpc) is 2.78. The average molecular weight is 451 g/mol. The predicted octanol–water partition coefficient (Wildman–Crippen LogP) is 6.33. The highest BCUT2D eigenvalue weighted by atomic mass is 16.6. The van der Waals surface area contributed by atoms with Gasteiger partial charge in [-0.15, -0.1) is 0 Å². The van der Waals surface area contributed by atoms with Crippen molar-refractivity contribution in [1.82, 2.24) is 4.90 Å². The minimum Gasteiger partial charge on any atom is -0.484 e. The zero-order valence-corrected chi connectivity index (χ0v) is 20.8. The van der Waals surface area contributed by atoms with Crippen LogP contribution in [0.1, 0.15) is 52.2 Å². The Morgan fingerprint density at radius 2 is 1.58 bits per heavy atom. The molecular weight excluding hydrogens is 412 g/mol. The van der Waals surface area contributed by atoms with Gasteiger partial charge in [-0.05, 0) is 29.9 Å². The van der Waals surface area contributed by atoms with E-state index >= 15 is 0 Å². The largest absolute Gasteiger partial charge is 0.484 e. The Morgan fingerprint density at radius 1 is 1.00 bits per heavy atom. The van der Waals surface area contributed by atoms with Crippen molar-refractivity contribution in [3.8, 4) is 0 Å². The van der Waals surface area contributed by atoms with Crippen molar-refractivity contribution in [2.45, 2.75) is 66.3 Å². The third-order valence-corrected chi connectivity index (χ3v) is 6.06. The number of hydrogen-bond donors (Lipinski definition) is 0. The molecule has 0 saturated carbocycles. The summed E-state index contributed by atoms with van der Waals surface area (Å²) in [4.78, 5) is 20.5. The first kappa shape index (κ1) is 24.8. The minimum absolute atomic E-state index is 0.0392. The van der Waals surface area contributed by atoms with Crippen LogP contribution in [0, 0.1) is 17.3 Å². The van der Waals surface area contributed by atoms with Crippen LogP contribution < -0.4 is 0 Å². The molecule has 2 aromatic rings. The Bertz CT molecular complexity index is 919. The highest BCUT2D eigenvalue weighted by Crippen LogP contribution is 2.38. The molecule has 0 saturated heterocycles. The van der Waals surface area contributed by atoms with E-state index in [4.69, 9.17) is 14.5 Å². The molecule has 0 unspecified atom stereocenters. The van der Waals surface area contributed by atoms with Crippen LogP contribution in [0.25, 0.3) is 0 Å². The summed E-state index contributed by atoms with van der Waals surface area (Å²) in [5.41, 5.74) is 1.90. The molecule has 0 spiro atoms. The monoisotopic (exact) mass is 450 g/mol. The predicted molar refractivity (Wildman–Crippen MR) is 133 cm³/mol. The maximum Gasteiger partial charge on any atom is 0.412 e. The van der Waals surface area contributed by atoms with E-state index in [2.05, 4.69) is 46.8 Å². The summed E-state index contributed by atoms with van der Waals surface area (Å²) >= 11 is 0. The lowest BCUT2D eigenvalue weighted by atomic mass is 9.81. The van der Waals surface area contributed by atoms with Crippen molar-refractivity contribution in [3.63, 3.8) is 0 Å². The van der Waals surface area contributed by atoms with Crippen LogP contribution in [0.15, 0.2) is 65.7 Å². The Balaban J connectivity index is 1.98. The van der Waals surface area contributed by atoms with E-state index in [1.165, 1.54) is 5.56 Å². The van der Waals surface area contributed by atoms with Gasteiger partial charge in [0.05, 0.1) is 13.0 Å². The van der Waals surface area contributed by atoms with Crippen molar-refractivity contribution in [2.24, 2.45) is 22.2 Å². The number of rotatable bonds is 6. The smallest absolute Gasteiger partial charge is 0.412 e. The van der Waals surface area contributed by atoms with Gasteiger partial charge in [-0.25, -0.2) is 9.79 Å². The first-order valence-corrected chi connectivity index (χ1v) is 11.8. The molecule has 0 radical (unpaired) electrons. The van der Waals surface area contributed by atoms with Crippen molar-refractivity contribution >= 4 is 12.0 Å². The van der Waals surface area contributed by atoms with Gasteiger partial charge in [0.1, 0.15) is 12.8 Å². The second-order valence-corrected chi connectivity index (χ2v) is 10.4. The molecule has 1 aliphatic rings. The van der Waals surface area contributed by atoms with E-state index in [9.17, 15) is 4.79 Å². The quantitative estimate of drug-likeness (QED) is 0.517. The van der Waals surface area contributed by atoms with Crippen LogP contribution in [-0.4, -0.2) is 36.2 Å². The molecule has 1 heterocycles. The van der Waals surface area contributed by atoms with Crippen LogP contribution in [0.4, 0.5) is 4.79 Å². The van der Waals surface area contributed by atoms with Crippen molar-refractivity contribution in [1.29, 1.82) is 0 Å². The fourth-order valence-corrected chi connectivity index (χ4v) is 4.51. The van der Waals surface area contributed by atoms with Crippen molar-refractivity contribution in [3.05, 3.63) is 71.8 Å². The molecule has 1 aliphatic heterocycles. The minimum atomic E-state index is -0.369. The number of hydrogen-bond acceptors (Lipinski definition) is 4. The lowest BCUT2D eigenvalue weighted by molar-refractivity contribution is 0.00646. The van der Waals surface area contributed by atoms with Gasteiger partial charge < -0.3 is 9.47 Å². The number of carbonyl (C=O) groups is 1. The third kappa shape index (κ3) is 6.37. The maximum atomic E-state index is 13.6. The lowest BCUT2D eigenvalue weighted by Gasteiger charge is -2.48. The molecule has 0 aromatic heterocycles. The highest BCUT2D eigenvalue weighted by molar-refractivity contribution is 5.83. The molecule has 33 heavy (non-hydrogen) atoms. The van der Waals surface area contributed by atoms with E-state index in [1.54, 1.807) is 7.11 Å². The highest BCUT2D eigenvalue weighted by Gasteiger charge is 2.47. The molecule has 3 atom stereocenters. The Hall–Kier alpha value is -2.82. The molecule has 0 bridgehead atoms. The zero-order valence-electron chi connectivity index (χ0n) is 20.8. The van der Waals surface area contributed by atoms with Gasteiger partial charge in [-0.1, -0.05) is 95.3 Å². The van der Waals surface area contributed by atoms with Gasteiger partial charge in [-0.3, -0.25) is 4.90 Å². The number of carbonyl (C=O) groups excluding carboxylic acids is 1. The van der Waals surface area contributed by atoms with E-state index < -0.39 is 0 Å². The summed E-state index contributed by atoms with van der Waals surface area (Å²) in [6, 6.07) is 20.1.